The highest BCUT2D eigenvalue weighted by Gasteiger charge is 2.21. The molecule has 1 amide bonds. The maximum absolute atomic E-state index is 13.9. The van der Waals surface area contributed by atoms with Crippen LogP contribution in [0.2, 0.25) is 0 Å². The number of anilines is 1. The van der Waals surface area contributed by atoms with Gasteiger partial charge in [-0.2, -0.15) is 0 Å². The molecule has 0 radical (unpaired) electrons. The Morgan fingerprint density at radius 2 is 1.82 bits per heavy atom. The summed E-state index contributed by atoms with van der Waals surface area (Å²) in [6, 6.07) is 8.09. The molecule has 1 N–H and O–H groups in total. The predicted octanol–water partition coefficient (Wildman–Crippen LogP) is 2.92. The quantitative estimate of drug-likeness (QED) is 0.544. The van der Waals surface area contributed by atoms with Crippen LogP contribution < -0.4 is 10.2 Å². The molecule has 1 aromatic heterocycles. The van der Waals surface area contributed by atoms with Crippen LogP contribution in [0.4, 0.5) is 13.9 Å². The van der Waals surface area contributed by atoms with Gasteiger partial charge in [-0.3, -0.25) is 9.69 Å². The van der Waals surface area contributed by atoms with E-state index in [2.05, 4.69) is 20.1 Å². The first-order valence-corrected chi connectivity index (χ1v) is 13.1. The van der Waals surface area contributed by atoms with E-state index in [0.717, 1.165) is 19.2 Å². The summed E-state index contributed by atoms with van der Waals surface area (Å²) in [6.45, 7) is 5.62. The Labute approximate surface area is 194 Å². The molecule has 11 heteroatoms. The van der Waals surface area contributed by atoms with Crippen LogP contribution in [0.1, 0.15) is 17.3 Å². The summed E-state index contributed by atoms with van der Waals surface area (Å²) < 4.78 is 51.6. The summed E-state index contributed by atoms with van der Waals surface area (Å²) in [5, 5.41) is 3.54. The van der Waals surface area contributed by atoms with Gasteiger partial charge in [-0.25, -0.2) is 22.2 Å². The fraction of sp³-hybridized carbons (Fsp3) is 0.364. The van der Waals surface area contributed by atoms with Gasteiger partial charge in [-0.1, -0.05) is 18.3 Å². The molecule has 0 spiro atoms. The molecule has 0 atom stereocenters. The zero-order chi connectivity index (χ0) is 23.6. The summed E-state index contributed by atoms with van der Waals surface area (Å²) in [6.07, 6.45) is 0. The number of rotatable bonds is 7. The first-order valence-electron chi connectivity index (χ1n) is 10.6. The maximum atomic E-state index is 13.9. The van der Waals surface area contributed by atoms with Gasteiger partial charge in [0.1, 0.15) is 11.3 Å². The molecule has 0 unspecified atom stereocenters. The van der Waals surface area contributed by atoms with Gasteiger partial charge in [-0.05, 0) is 30.3 Å². The van der Waals surface area contributed by atoms with Crippen LogP contribution in [0.5, 0.6) is 0 Å². The van der Waals surface area contributed by atoms with Gasteiger partial charge in [0.2, 0.25) is 0 Å². The van der Waals surface area contributed by atoms with E-state index in [4.69, 9.17) is 0 Å². The van der Waals surface area contributed by atoms with Crippen LogP contribution in [-0.4, -0.2) is 69.2 Å². The number of thiazole rings is 1. The van der Waals surface area contributed by atoms with Crippen LogP contribution in [0.25, 0.3) is 10.2 Å². The number of carbonyl (C=O) groups is 1. The number of nitrogens with one attached hydrogen (secondary N) is 1. The molecular formula is C22H24F2N4O3S2. The Balaban J connectivity index is 1.25. The lowest BCUT2D eigenvalue weighted by atomic mass is 10.2. The van der Waals surface area contributed by atoms with E-state index in [1.54, 1.807) is 6.92 Å². The zero-order valence-electron chi connectivity index (χ0n) is 18.1. The molecule has 2 aromatic carbocycles. The summed E-state index contributed by atoms with van der Waals surface area (Å²) in [4.78, 5) is 21.2. The molecular weight excluding hydrogens is 470 g/mol. The molecule has 1 aliphatic rings. The van der Waals surface area contributed by atoms with E-state index >= 15 is 0 Å². The number of carbonyl (C=O) groups excluding carboxylic acids is 1. The molecule has 1 aliphatic heterocycles. The summed E-state index contributed by atoms with van der Waals surface area (Å²) >= 11 is 1.28. The summed E-state index contributed by atoms with van der Waals surface area (Å²) in [5.74, 6) is -1.49. The number of benzene rings is 2. The third-order valence-corrected chi connectivity index (χ3v) is 8.43. The second-order valence-electron chi connectivity index (χ2n) is 7.74. The topological polar surface area (TPSA) is 82.6 Å². The Kier molecular flexibility index (Phi) is 6.91. The third kappa shape index (κ3) is 5.31. The zero-order valence-corrected chi connectivity index (χ0v) is 19.7. The number of piperazine rings is 1. The molecule has 7 nitrogen and oxygen atoms in total. The smallest absolute Gasteiger partial charge is 0.251 e. The van der Waals surface area contributed by atoms with E-state index in [-0.39, 0.29) is 22.1 Å². The van der Waals surface area contributed by atoms with Gasteiger partial charge in [0.05, 0.1) is 15.3 Å². The predicted molar refractivity (Wildman–Crippen MR) is 125 cm³/mol. The van der Waals surface area contributed by atoms with Gasteiger partial charge >= 0.3 is 0 Å². The number of hydrogen-bond acceptors (Lipinski definition) is 7. The van der Waals surface area contributed by atoms with Crippen LogP contribution in [0, 0.1) is 11.6 Å². The van der Waals surface area contributed by atoms with Crippen LogP contribution in [0.3, 0.4) is 0 Å². The number of sulfone groups is 1. The van der Waals surface area contributed by atoms with Gasteiger partial charge in [0.15, 0.2) is 20.8 Å². The van der Waals surface area contributed by atoms with Gasteiger partial charge in [0.25, 0.3) is 5.91 Å². The van der Waals surface area contributed by atoms with Crippen molar-refractivity contribution in [1.29, 1.82) is 0 Å². The van der Waals surface area contributed by atoms with Crippen molar-refractivity contribution in [1.82, 2.24) is 15.2 Å². The van der Waals surface area contributed by atoms with Crippen molar-refractivity contribution >= 4 is 42.4 Å². The molecule has 4 rings (SSSR count). The maximum Gasteiger partial charge on any atom is 0.251 e. The Morgan fingerprint density at radius 3 is 2.48 bits per heavy atom. The minimum Gasteiger partial charge on any atom is -0.351 e. The molecule has 0 aliphatic carbocycles. The number of nitrogens with zero attached hydrogens (tertiary/aromatic N) is 3. The molecule has 3 aromatic rings. The van der Waals surface area contributed by atoms with Crippen molar-refractivity contribution in [2.24, 2.45) is 0 Å². The fourth-order valence-electron chi connectivity index (χ4n) is 3.65. The van der Waals surface area contributed by atoms with Crippen LogP contribution in [0.15, 0.2) is 41.3 Å². The van der Waals surface area contributed by atoms with E-state index in [0.29, 0.717) is 41.6 Å². The molecule has 1 saturated heterocycles. The molecule has 2 heterocycles. The van der Waals surface area contributed by atoms with E-state index in [1.165, 1.54) is 41.7 Å². The number of fused-ring (bicyclic) bond motifs is 1. The molecule has 176 valence electrons. The average Bonchev–Trinajstić information content (AvgIpc) is 3.24. The molecule has 1 fully saturated rings. The van der Waals surface area contributed by atoms with Crippen molar-refractivity contribution in [3.05, 3.63) is 53.6 Å². The van der Waals surface area contributed by atoms with Crippen molar-refractivity contribution in [3.63, 3.8) is 0 Å². The highest BCUT2D eigenvalue weighted by Crippen LogP contribution is 2.31. The highest BCUT2D eigenvalue weighted by atomic mass is 32.2. The van der Waals surface area contributed by atoms with Gasteiger partial charge < -0.3 is 10.2 Å². The minimum absolute atomic E-state index is 0.0141. The van der Waals surface area contributed by atoms with E-state index in [1.807, 2.05) is 0 Å². The molecule has 33 heavy (non-hydrogen) atoms. The normalized spacial score (nSPS) is 15.2. The average molecular weight is 495 g/mol. The Morgan fingerprint density at radius 1 is 1.12 bits per heavy atom. The molecule has 0 saturated carbocycles. The number of amides is 1. The van der Waals surface area contributed by atoms with Crippen molar-refractivity contribution < 1.29 is 22.0 Å². The van der Waals surface area contributed by atoms with Gasteiger partial charge in [-0.15, -0.1) is 0 Å². The SMILES string of the molecule is CCS(=O)(=O)c1ccc(C(=O)NCCN2CCN(c3nc4c(F)cc(F)cc4s3)CC2)cc1. The largest absolute Gasteiger partial charge is 0.351 e. The lowest BCUT2D eigenvalue weighted by Crippen LogP contribution is -2.48. The first-order chi connectivity index (χ1) is 15.8. The number of halogens is 2. The Bertz CT molecular complexity index is 1250. The number of hydrogen-bond donors (Lipinski definition) is 1. The van der Waals surface area contributed by atoms with E-state index < -0.39 is 21.5 Å². The van der Waals surface area contributed by atoms with Crippen LogP contribution >= 0.6 is 11.3 Å². The minimum atomic E-state index is -3.29. The monoisotopic (exact) mass is 494 g/mol. The van der Waals surface area contributed by atoms with E-state index in [9.17, 15) is 22.0 Å². The standard InChI is InChI=1S/C22H24F2N4O3S2/c1-2-33(30,31)17-5-3-15(4-6-17)21(29)25-7-8-27-9-11-28(12-10-27)22-26-20-18(24)13-16(23)14-19(20)32-22/h3-6,13-14H,2,7-12H2,1H3,(H,25,29). The Hall–Kier alpha value is -2.63. The fourth-order valence-corrected chi connectivity index (χ4v) is 5.59. The second-order valence-corrected chi connectivity index (χ2v) is 11.0. The summed E-state index contributed by atoms with van der Waals surface area (Å²) in [5.41, 5.74) is 0.608. The second kappa shape index (κ2) is 9.70. The number of aromatic nitrogens is 1. The lowest BCUT2D eigenvalue weighted by molar-refractivity contribution is 0.0947. The van der Waals surface area contributed by atoms with Crippen LogP contribution in [-0.2, 0) is 9.84 Å². The van der Waals surface area contributed by atoms with Gasteiger partial charge in [0, 0.05) is 50.9 Å². The summed E-state index contributed by atoms with van der Waals surface area (Å²) in [7, 11) is -3.29. The lowest BCUT2D eigenvalue weighted by Gasteiger charge is -2.34. The van der Waals surface area contributed by atoms with Crippen molar-refractivity contribution in [2.75, 3.05) is 49.9 Å². The third-order valence-electron chi connectivity index (χ3n) is 5.61. The van der Waals surface area contributed by atoms with Crippen molar-refractivity contribution in [3.8, 4) is 0 Å². The first kappa shape index (κ1) is 23.5. The van der Waals surface area contributed by atoms with Crippen molar-refractivity contribution in [2.45, 2.75) is 11.8 Å². The molecule has 0 bridgehead atoms. The highest BCUT2D eigenvalue weighted by molar-refractivity contribution is 7.91.